The van der Waals surface area contributed by atoms with Gasteiger partial charge in [0.05, 0.1) is 4.75 Å². The minimum atomic E-state index is -0.164. The highest BCUT2D eigenvalue weighted by molar-refractivity contribution is 8.01. The second-order valence-electron chi connectivity index (χ2n) is 6.08. The number of thioether (sulfide) groups is 1. The Bertz CT molecular complexity index is 282. The van der Waals surface area contributed by atoms with E-state index in [1.165, 1.54) is 44.9 Å². The standard InChI is InChI=1S/C15H28N2OS/c1-15(9-6-12-19-15)14(18)17-11-10-16-13-7-4-2-3-5-8-13/h13,16H,2-12H2,1H3,(H,17,18). The molecule has 0 spiro atoms. The molecule has 3 nitrogen and oxygen atoms in total. The molecule has 1 atom stereocenters. The van der Waals surface area contributed by atoms with Gasteiger partial charge in [-0.05, 0) is 38.4 Å². The lowest BCUT2D eigenvalue weighted by molar-refractivity contribution is -0.123. The quantitative estimate of drug-likeness (QED) is 0.602. The van der Waals surface area contributed by atoms with Crippen molar-refractivity contribution >= 4 is 17.7 Å². The third kappa shape index (κ3) is 4.67. The molecule has 1 aliphatic heterocycles. The fraction of sp³-hybridized carbons (Fsp3) is 0.933. The van der Waals surface area contributed by atoms with Gasteiger partial charge in [0.15, 0.2) is 0 Å². The number of rotatable bonds is 5. The van der Waals surface area contributed by atoms with Crippen LogP contribution >= 0.6 is 11.8 Å². The van der Waals surface area contributed by atoms with E-state index in [2.05, 4.69) is 17.6 Å². The van der Waals surface area contributed by atoms with E-state index < -0.39 is 0 Å². The van der Waals surface area contributed by atoms with E-state index in [9.17, 15) is 4.79 Å². The molecule has 0 aromatic heterocycles. The van der Waals surface area contributed by atoms with E-state index in [1.807, 2.05) is 11.8 Å². The summed E-state index contributed by atoms with van der Waals surface area (Å²) < 4.78 is -0.164. The summed E-state index contributed by atoms with van der Waals surface area (Å²) in [6.45, 7) is 3.77. The van der Waals surface area contributed by atoms with Crippen molar-refractivity contribution in [2.75, 3.05) is 18.8 Å². The van der Waals surface area contributed by atoms with Crippen molar-refractivity contribution in [2.24, 2.45) is 0 Å². The zero-order chi connectivity index (χ0) is 13.6. The predicted octanol–water partition coefficient (Wildman–Crippen LogP) is 2.70. The lowest BCUT2D eigenvalue weighted by Gasteiger charge is -2.22. The third-order valence-electron chi connectivity index (χ3n) is 4.40. The van der Waals surface area contributed by atoms with Crippen molar-refractivity contribution in [1.29, 1.82) is 0 Å². The molecule has 1 heterocycles. The Morgan fingerprint density at radius 1 is 1.16 bits per heavy atom. The molecular weight excluding hydrogens is 256 g/mol. The second kappa shape index (κ2) is 7.53. The number of carbonyl (C=O) groups is 1. The normalized spacial score (nSPS) is 29.1. The zero-order valence-corrected chi connectivity index (χ0v) is 13.0. The number of hydrogen-bond acceptors (Lipinski definition) is 3. The fourth-order valence-corrected chi connectivity index (χ4v) is 4.31. The highest BCUT2D eigenvalue weighted by Crippen LogP contribution is 2.37. The molecule has 0 aromatic carbocycles. The summed E-state index contributed by atoms with van der Waals surface area (Å²) in [7, 11) is 0. The van der Waals surface area contributed by atoms with Gasteiger partial charge in [0, 0.05) is 19.1 Å². The van der Waals surface area contributed by atoms with Crippen LogP contribution in [-0.2, 0) is 4.79 Å². The minimum absolute atomic E-state index is 0.164. The lowest BCUT2D eigenvalue weighted by Crippen LogP contribution is -2.44. The Labute approximate surface area is 121 Å². The highest BCUT2D eigenvalue weighted by atomic mass is 32.2. The summed E-state index contributed by atoms with van der Waals surface area (Å²) in [5, 5.41) is 6.70. The Morgan fingerprint density at radius 2 is 1.89 bits per heavy atom. The molecule has 110 valence electrons. The first-order valence-corrected chi connectivity index (χ1v) is 8.85. The molecule has 1 saturated carbocycles. The van der Waals surface area contributed by atoms with Crippen molar-refractivity contribution < 1.29 is 4.79 Å². The van der Waals surface area contributed by atoms with Crippen LogP contribution in [0.2, 0.25) is 0 Å². The van der Waals surface area contributed by atoms with E-state index in [4.69, 9.17) is 0 Å². The van der Waals surface area contributed by atoms with Crippen molar-refractivity contribution in [3.63, 3.8) is 0 Å². The van der Waals surface area contributed by atoms with Crippen LogP contribution < -0.4 is 10.6 Å². The minimum Gasteiger partial charge on any atom is -0.354 e. The van der Waals surface area contributed by atoms with Gasteiger partial charge in [0.1, 0.15) is 0 Å². The maximum atomic E-state index is 12.1. The molecule has 2 aliphatic rings. The number of amides is 1. The number of carbonyl (C=O) groups excluding carboxylic acids is 1. The summed E-state index contributed by atoms with van der Waals surface area (Å²) >= 11 is 1.81. The smallest absolute Gasteiger partial charge is 0.235 e. The van der Waals surface area contributed by atoms with Gasteiger partial charge in [-0.1, -0.05) is 25.7 Å². The third-order valence-corrected chi connectivity index (χ3v) is 5.92. The first kappa shape index (κ1) is 15.2. The second-order valence-corrected chi connectivity index (χ2v) is 7.68. The van der Waals surface area contributed by atoms with Gasteiger partial charge in [-0.15, -0.1) is 11.8 Å². The largest absolute Gasteiger partial charge is 0.354 e. The molecule has 4 heteroatoms. The van der Waals surface area contributed by atoms with Crippen LogP contribution in [0.1, 0.15) is 58.3 Å². The van der Waals surface area contributed by atoms with E-state index in [0.29, 0.717) is 6.04 Å². The van der Waals surface area contributed by atoms with Crippen LogP contribution in [0.5, 0.6) is 0 Å². The summed E-state index contributed by atoms with van der Waals surface area (Å²) in [6, 6.07) is 0.677. The van der Waals surface area contributed by atoms with E-state index >= 15 is 0 Å². The summed E-state index contributed by atoms with van der Waals surface area (Å²) in [5.41, 5.74) is 0. The van der Waals surface area contributed by atoms with Crippen LogP contribution in [0, 0.1) is 0 Å². The fourth-order valence-electron chi connectivity index (χ4n) is 3.08. The molecule has 0 aromatic rings. The predicted molar refractivity (Wildman–Crippen MR) is 82.6 cm³/mol. The molecule has 2 N–H and O–H groups in total. The van der Waals surface area contributed by atoms with Crippen molar-refractivity contribution in [2.45, 2.75) is 69.1 Å². The van der Waals surface area contributed by atoms with Crippen LogP contribution in [0.15, 0.2) is 0 Å². The Balaban J connectivity index is 1.59. The molecule has 1 unspecified atom stereocenters. The van der Waals surface area contributed by atoms with Crippen LogP contribution in [0.4, 0.5) is 0 Å². The number of hydrogen-bond donors (Lipinski definition) is 2. The first-order chi connectivity index (χ1) is 9.21. The van der Waals surface area contributed by atoms with Crippen molar-refractivity contribution in [3.05, 3.63) is 0 Å². The Kier molecular flexibility index (Phi) is 6.02. The molecule has 1 amide bonds. The monoisotopic (exact) mass is 284 g/mol. The molecule has 2 rings (SSSR count). The molecule has 0 radical (unpaired) electrons. The van der Waals surface area contributed by atoms with Crippen LogP contribution in [0.25, 0.3) is 0 Å². The molecule has 2 fully saturated rings. The average molecular weight is 284 g/mol. The first-order valence-electron chi connectivity index (χ1n) is 7.86. The molecule has 1 saturated heterocycles. The van der Waals surface area contributed by atoms with Gasteiger partial charge in [-0.2, -0.15) is 0 Å². The SMILES string of the molecule is CC1(C(=O)NCCNC2CCCCCC2)CCCS1. The van der Waals surface area contributed by atoms with Gasteiger partial charge in [0.2, 0.25) is 5.91 Å². The van der Waals surface area contributed by atoms with Crippen LogP contribution in [0.3, 0.4) is 0 Å². The van der Waals surface area contributed by atoms with E-state index in [0.717, 1.165) is 25.3 Å². The maximum Gasteiger partial charge on any atom is 0.235 e. The van der Waals surface area contributed by atoms with E-state index in [1.54, 1.807) is 0 Å². The van der Waals surface area contributed by atoms with Crippen molar-refractivity contribution in [1.82, 2.24) is 10.6 Å². The average Bonchev–Trinajstić information content (AvgIpc) is 2.70. The highest BCUT2D eigenvalue weighted by Gasteiger charge is 2.36. The van der Waals surface area contributed by atoms with Crippen molar-refractivity contribution in [3.8, 4) is 0 Å². The number of nitrogens with one attached hydrogen (secondary N) is 2. The lowest BCUT2D eigenvalue weighted by atomic mass is 10.1. The molecular formula is C15H28N2OS. The Morgan fingerprint density at radius 3 is 2.53 bits per heavy atom. The zero-order valence-electron chi connectivity index (χ0n) is 12.2. The van der Waals surface area contributed by atoms with Gasteiger partial charge in [-0.25, -0.2) is 0 Å². The van der Waals surface area contributed by atoms with Gasteiger partial charge < -0.3 is 10.6 Å². The molecule has 1 aliphatic carbocycles. The van der Waals surface area contributed by atoms with Crippen LogP contribution in [-0.4, -0.2) is 35.5 Å². The summed E-state index contributed by atoms with van der Waals surface area (Å²) in [5.74, 6) is 1.36. The van der Waals surface area contributed by atoms with Gasteiger partial charge in [0.25, 0.3) is 0 Å². The maximum absolute atomic E-state index is 12.1. The molecule has 0 bridgehead atoms. The summed E-state index contributed by atoms with van der Waals surface area (Å²) in [6.07, 6.45) is 10.3. The van der Waals surface area contributed by atoms with E-state index in [-0.39, 0.29) is 10.7 Å². The van der Waals surface area contributed by atoms with Gasteiger partial charge >= 0.3 is 0 Å². The van der Waals surface area contributed by atoms with Gasteiger partial charge in [-0.3, -0.25) is 4.79 Å². The summed E-state index contributed by atoms with van der Waals surface area (Å²) in [4.78, 5) is 12.1. The molecule has 19 heavy (non-hydrogen) atoms. The topological polar surface area (TPSA) is 41.1 Å². The Hall–Kier alpha value is -0.220.